The van der Waals surface area contributed by atoms with Gasteiger partial charge in [-0.15, -0.1) is 0 Å². The molecule has 0 radical (unpaired) electrons. The Hall–Kier alpha value is -0.150. The van der Waals surface area contributed by atoms with Crippen LogP contribution < -0.4 is 10.6 Å². The van der Waals surface area contributed by atoms with Crippen LogP contribution in [0.25, 0.3) is 0 Å². The van der Waals surface area contributed by atoms with E-state index in [1.807, 2.05) is 13.8 Å². The fourth-order valence-corrected chi connectivity index (χ4v) is 1.44. The highest BCUT2D eigenvalue weighted by Crippen LogP contribution is 2.21. The van der Waals surface area contributed by atoms with Crippen LogP contribution in [0.5, 0.6) is 0 Å². The summed E-state index contributed by atoms with van der Waals surface area (Å²) in [5.41, 5.74) is -0.963. The maximum atomic E-state index is 13.8. The Labute approximate surface area is 73.9 Å². The van der Waals surface area contributed by atoms with Gasteiger partial charge in [-0.05, 0) is 25.9 Å². The second kappa shape index (κ2) is 4.19. The van der Waals surface area contributed by atoms with Crippen molar-refractivity contribution in [1.29, 1.82) is 0 Å². The zero-order valence-corrected chi connectivity index (χ0v) is 7.99. The van der Waals surface area contributed by atoms with Crippen LogP contribution in [0.2, 0.25) is 0 Å². The van der Waals surface area contributed by atoms with Gasteiger partial charge in [-0.25, -0.2) is 4.39 Å². The van der Waals surface area contributed by atoms with Crippen molar-refractivity contribution in [2.24, 2.45) is 0 Å². The van der Waals surface area contributed by atoms with Crippen LogP contribution in [0.15, 0.2) is 0 Å². The first-order valence-corrected chi connectivity index (χ1v) is 4.75. The van der Waals surface area contributed by atoms with E-state index in [-0.39, 0.29) is 0 Å². The highest BCUT2D eigenvalue weighted by molar-refractivity contribution is 4.87. The quantitative estimate of drug-likeness (QED) is 0.669. The molecule has 0 aromatic rings. The van der Waals surface area contributed by atoms with E-state index in [2.05, 4.69) is 10.6 Å². The number of hydrogen-bond acceptors (Lipinski definition) is 2. The fraction of sp³-hybridized carbons (Fsp3) is 1.00. The van der Waals surface area contributed by atoms with E-state index in [4.69, 9.17) is 0 Å². The zero-order valence-electron chi connectivity index (χ0n) is 7.99. The summed E-state index contributed by atoms with van der Waals surface area (Å²) >= 11 is 0. The Kier molecular flexibility index (Phi) is 3.47. The average Bonchev–Trinajstić information content (AvgIpc) is 2.03. The number of hydrogen-bond donors (Lipinski definition) is 2. The molecule has 72 valence electrons. The summed E-state index contributed by atoms with van der Waals surface area (Å²) in [7, 11) is 0. The van der Waals surface area contributed by atoms with Gasteiger partial charge in [0, 0.05) is 12.6 Å². The van der Waals surface area contributed by atoms with Crippen LogP contribution in [0, 0.1) is 0 Å². The van der Waals surface area contributed by atoms with Gasteiger partial charge in [-0.1, -0.05) is 13.8 Å². The zero-order chi connectivity index (χ0) is 9.03. The van der Waals surface area contributed by atoms with E-state index in [0.717, 1.165) is 13.1 Å². The summed E-state index contributed by atoms with van der Waals surface area (Å²) in [5.74, 6) is 0. The molecule has 1 aliphatic rings. The first-order valence-electron chi connectivity index (χ1n) is 4.75. The predicted octanol–water partition coefficient (Wildman–Crippen LogP) is 1.08. The first-order chi connectivity index (χ1) is 5.62. The van der Waals surface area contributed by atoms with Crippen LogP contribution in [0.3, 0.4) is 0 Å². The van der Waals surface area contributed by atoms with Crippen molar-refractivity contribution < 1.29 is 4.39 Å². The van der Waals surface area contributed by atoms with Gasteiger partial charge < -0.3 is 10.6 Å². The van der Waals surface area contributed by atoms with E-state index in [9.17, 15) is 4.39 Å². The third-order valence-electron chi connectivity index (χ3n) is 2.33. The van der Waals surface area contributed by atoms with E-state index in [0.29, 0.717) is 25.4 Å². The van der Waals surface area contributed by atoms with Gasteiger partial charge in [-0.3, -0.25) is 0 Å². The van der Waals surface area contributed by atoms with Gasteiger partial charge in [0.15, 0.2) is 0 Å². The minimum Gasteiger partial charge on any atom is -0.316 e. The molecule has 2 N–H and O–H groups in total. The Bertz CT molecular complexity index is 130. The highest BCUT2D eigenvalue weighted by Gasteiger charge is 2.31. The lowest BCUT2D eigenvalue weighted by atomic mass is 9.94. The topological polar surface area (TPSA) is 24.1 Å². The van der Waals surface area contributed by atoms with Crippen LogP contribution >= 0.6 is 0 Å². The summed E-state index contributed by atoms with van der Waals surface area (Å²) in [5, 5.41) is 6.31. The minimum atomic E-state index is -0.963. The normalized spacial score (nSPS) is 23.0. The van der Waals surface area contributed by atoms with Gasteiger partial charge in [0.1, 0.15) is 5.67 Å². The lowest BCUT2D eigenvalue weighted by Gasteiger charge is -2.30. The maximum Gasteiger partial charge on any atom is 0.125 e. The average molecular weight is 174 g/mol. The molecule has 0 unspecified atom stereocenters. The van der Waals surface area contributed by atoms with Crippen LogP contribution in [0.1, 0.15) is 26.7 Å². The van der Waals surface area contributed by atoms with Gasteiger partial charge in [-0.2, -0.15) is 0 Å². The van der Waals surface area contributed by atoms with Crippen molar-refractivity contribution in [2.45, 2.75) is 38.4 Å². The van der Waals surface area contributed by atoms with Gasteiger partial charge in [0.05, 0.1) is 0 Å². The molecular formula is C9H19FN2. The number of alkyl halides is 1. The molecule has 1 heterocycles. The molecule has 3 heteroatoms. The number of piperidine rings is 1. The molecule has 1 rings (SSSR count). The molecule has 2 nitrogen and oxygen atoms in total. The summed E-state index contributed by atoms with van der Waals surface area (Å²) in [4.78, 5) is 0. The van der Waals surface area contributed by atoms with Gasteiger partial charge in [0.2, 0.25) is 0 Å². The molecule has 0 spiro atoms. The second-order valence-corrected chi connectivity index (χ2v) is 3.94. The first kappa shape index (κ1) is 9.93. The minimum absolute atomic E-state index is 0.382. The van der Waals surface area contributed by atoms with Crippen molar-refractivity contribution in [1.82, 2.24) is 10.6 Å². The maximum absolute atomic E-state index is 13.8. The van der Waals surface area contributed by atoms with Crippen molar-refractivity contribution in [2.75, 3.05) is 19.6 Å². The molecule has 1 aliphatic heterocycles. The third kappa shape index (κ3) is 3.07. The van der Waals surface area contributed by atoms with Crippen molar-refractivity contribution in [3.05, 3.63) is 0 Å². The largest absolute Gasteiger partial charge is 0.316 e. The molecule has 0 amide bonds. The molecule has 0 atom stereocenters. The van der Waals surface area contributed by atoms with E-state index in [1.165, 1.54) is 0 Å². The lowest BCUT2D eigenvalue weighted by Crippen LogP contribution is -2.46. The standard InChI is InChI=1S/C9H19FN2/c1-8(2)12-7-9(10)3-5-11-6-4-9/h8,11-12H,3-7H2,1-2H3. The Balaban J connectivity index is 2.26. The van der Waals surface area contributed by atoms with Crippen LogP contribution in [0.4, 0.5) is 4.39 Å². The molecule has 0 saturated carbocycles. The molecule has 0 aromatic carbocycles. The molecule has 12 heavy (non-hydrogen) atoms. The third-order valence-corrected chi connectivity index (χ3v) is 2.33. The summed E-state index contributed by atoms with van der Waals surface area (Å²) < 4.78 is 13.8. The smallest absolute Gasteiger partial charge is 0.125 e. The number of rotatable bonds is 3. The van der Waals surface area contributed by atoms with Crippen LogP contribution in [-0.4, -0.2) is 31.3 Å². The molecule has 0 bridgehead atoms. The van der Waals surface area contributed by atoms with Crippen molar-refractivity contribution >= 4 is 0 Å². The van der Waals surface area contributed by atoms with E-state index in [1.54, 1.807) is 0 Å². The Morgan fingerprint density at radius 2 is 2.00 bits per heavy atom. The van der Waals surface area contributed by atoms with Gasteiger partial charge >= 0.3 is 0 Å². The second-order valence-electron chi connectivity index (χ2n) is 3.94. The summed E-state index contributed by atoms with van der Waals surface area (Å²) in [6.45, 7) is 6.23. The fourth-order valence-electron chi connectivity index (χ4n) is 1.44. The highest BCUT2D eigenvalue weighted by atomic mass is 19.1. The lowest BCUT2D eigenvalue weighted by molar-refractivity contribution is 0.111. The van der Waals surface area contributed by atoms with Crippen LogP contribution in [-0.2, 0) is 0 Å². The van der Waals surface area contributed by atoms with Crippen molar-refractivity contribution in [3.8, 4) is 0 Å². The van der Waals surface area contributed by atoms with Gasteiger partial charge in [0.25, 0.3) is 0 Å². The Morgan fingerprint density at radius 3 is 2.50 bits per heavy atom. The van der Waals surface area contributed by atoms with Crippen molar-refractivity contribution in [3.63, 3.8) is 0 Å². The SMILES string of the molecule is CC(C)NCC1(F)CCNCC1. The van der Waals surface area contributed by atoms with E-state index < -0.39 is 5.67 Å². The van der Waals surface area contributed by atoms with E-state index >= 15 is 0 Å². The predicted molar refractivity (Wildman–Crippen MR) is 49.1 cm³/mol. The summed E-state index contributed by atoms with van der Waals surface area (Å²) in [6, 6.07) is 0.382. The molecule has 0 aromatic heterocycles. The molecule has 1 fully saturated rings. The molecule has 0 aliphatic carbocycles. The number of nitrogens with one attached hydrogen (secondary N) is 2. The Morgan fingerprint density at radius 1 is 1.42 bits per heavy atom. The molecular weight excluding hydrogens is 155 g/mol. The monoisotopic (exact) mass is 174 g/mol. The molecule has 1 saturated heterocycles. The summed E-state index contributed by atoms with van der Waals surface area (Å²) in [6.07, 6.45) is 1.29. The number of halogens is 1.